The zero-order chi connectivity index (χ0) is 15.2. The number of aliphatic hydroxyl groups is 1. The van der Waals surface area contributed by atoms with E-state index in [1.165, 1.54) is 7.11 Å². The topological polar surface area (TPSA) is 68.2 Å². The van der Waals surface area contributed by atoms with Crippen LogP contribution in [0, 0.1) is 0 Å². The Balaban J connectivity index is 2.03. The monoisotopic (exact) mass is 315 g/mol. The van der Waals surface area contributed by atoms with Crippen molar-refractivity contribution in [3.63, 3.8) is 0 Å². The molecule has 1 fully saturated rings. The molecule has 0 bridgehead atoms. The van der Waals surface area contributed by atoms with Crippen molar-refractivity contribution in [3.8, 4) is 11.5 Å². The van der Waals surface area contributed by atoms with Crippen LogP contribution in [0.5, 0.6) is 11.5 Å². The standard InChI is InChI=1S/C14H18ClNO5/c1-19-12-7-10(8-17)6-11(15)14(12)21-9-13(18)16-2-4-20-5-3-16/h6-7,17H,2-5,8-9H2,1H3. The lowest BCUT2D eigenvalue weighted by atomic mass is 10.2. The van der Waals surface area contributed by atoms with E-state index in [4.69, 9.17) is 30.9 Å². The van der Waals surface area contributed by atoms with E-state index in [0.717, 1.165) is 0 Å². The van der Waals surface area contributed by atoms with Crippen LogP contribution < -0.4 is 9.47 Å². The SMILES string of the molecule is COc1cc(CO)cc(Cl)c1OCC(=O)N1CCOCC1. The molecule has 116 valence electrons. The summed E-state index contributed by atoms with van der Waals surface area (Å²) in [6, 6.07) is 3.21. The van der Waals surface area contributed by atoms with Gasteiger partial charge in [0.25, 0.3) is 5.91 Å². The Hall–Kier alpha value is -1.50. The van der Waals surface area contributed by atoms with Crippen LogP contribution in [0.15, 0.2) is 12.1 Å². The third-order valence-electron chi connectivity index (χ3n) is 3.18. The van der Waals surface area contributed by atoms with Crippen molar-refractivity contribution in [2.45, 2.75) is 6.61 Å². The highest BCUT2D eigenvalue weighted by molar-refractivity contribution is 6.32. The molecule has 1 saturated heterocycles. The van der Waals surface area contributed by atoms with Gasteiger partial charge >= 0.3 is 0 Å². The number of carbonyl (C=O) groups is 1. The summed E-state index contributed by atoms with van der Waals surface area (Å²) < 4.78 is 15.9. The lowest BCUT2D eigenvalue weighted by Crippen LogP contribution is -2.43. The van der Waals surface area contributed by atoms with Crippen molar-refractivity contribution in [1.82, 2.24) is 4.90 Å². The van der Waals surface area contributed by atoms with Gasteiger partial charge in [-0.05, 0) is 17.7 Å². The van der Waals surface area contributed by atoms with Crippen LogP contribution in [0.1, 0.15) is 5.56 Å². The van der Waals surface area contributed by atoms with Gasteiger partial charge in [-0.3, -0.25) is 4.79 Å². The summed E-state index contributed by atoms with van der Waals surface area (Å²) in [7, 11) is 1.48. The van der Waals surface area contributed by atoms with E-state index in [1.807, 2.05) is 0 Å². The van der Waals surface area contributed by atoms with Crippen molar-refractivity contribution in [1.29, 1.82) is 0 Å². The number of benzene rings is 1. The molecular formula is C14H18ClNO5. The van der Waals surface area contributed by atoms with E-state index in [2.05, 4.69) is 0 Å². The predicted molar refractivity (Wildman–Crippen MR) is 76.8 cm³/mol. The first-order valence-electron chi connectivity index (χ1n) is 6.61. The quantitative estimate of drug-likeness (QED) is 0.880. The number of methoxy groups -OCH3 is 1. The number of carbonyl (C=O) groups excluding carboxylic acids is 1. The number of hydrogen-bond donors (Lipinski definition) is 1. The number of rotatable bonds is 5. The molecule has 0 unspecified atom stereocenters. The molecule has 1 aliphatic heterocycles. The molecule has 1 amide bonds. The van der Waals surface area contributed by atoms with Gasteiger partial charge in [-0.25, -0.2) is 0 Å². The molecule has 0 aliphatic carbocycles. The molecule has 0 radical (unpaired) electrons. The highest BCUT2D eigenvalue weighted by Crippen LogP contribution is 2.36. The fourth-order valence-corrected chi connectivity index (χ4v) is 2.33. The maximum Gasteiger partial charge on any atom is 0.260 e. The minimum Gasteiger partial charge on any atom is -0.493 e. The van der Waals surface area contributed by atoms with Gasteiger partial charge in [0.15, 0.2) is 18.1 Å². The van der Waals surface area contributed by atoms with Gasteiger partial charge in [-0.15, -0.1) is 0 Å². The first-order valence-corrected chi connectivity index (χ1v) is 6.99. The van der Waals surface area contributed by atoms with Crippen molar-refractivity contribution in [3.05, 3.63) is 22.7 Å². The van der Waals surface area contributed by atoms with Crippen molar-refractivity contribution in [2.24, 2.45) is 0 Å². The predicted octanol–water partition coefficient (Wildman–Crippen LogP) is 1.08. The number of morpholine rings is 1. The minimum absolute atomic E-state index is 0.117. The van der Waals surface area contributed by atoms with E-state index in [0.29, 0.717) is 48.4 Å². The normalized spacial score (nSPS) is 14.9. The molecule has 0 aromatic heterocycles. The number of nitrogens with zero attached hydrogens (tertiary/aromatic N) is 1. The second-order valence-electron chi connectivity index (χ2n) is 4.55. The van der Waals surface area contributed by atoms with E-state index in [-0.39, 0.29) is 19.1 Å². The zero-order valence-electron chi connectivity index (χ0n) is 11.8. The summed E-state index contributed by atoms with van der Waals surface area (Å²) in [5.74, 6) is 0.571. The molecule has 1 aromatic carbocycles. The van der Waals surface area contributed by atoms with Crippen LogP contribution in [0.4, 0.5) is 0 Å². The zero-order valence-corrected chi connectivity index (χ0v) is 12.6. The third kappa shape index (κ3) is 4.00. The third-order valence-corrected chi connectivity index (χ3v) is 3.46. The molecular weight excluding hydrogens is 298 g/mol. The lowest BCUT2D eigenvalue weighted by molar-refractivity contribution is -0.137. The van der Waals surface area contributed by atoms with Crippen LogP contribution >= 0.6 is 11.6 Å². The van der Waals surface area contributed by atoms with Gasteiger partial charge in [-0.2, -0.15) is 0 Å². The summed E-state index contributed by atoms with van der Waals surface area (Å²) in [6.07, 6.45) is 0. The van der Waals surface area contributed by atoms with E-state index in [1.54, 1.807) is 17.0 Å². The van der Waals surface area contributed by atoms with Gasteiger partial charge in [0.1, 0.15) is 0 Å². The van der Waals surface area contributed by atoms with Gasteiger partial charge < -0.3 is 24.2 Å². The first kappa shape index (κ1) is 15.9. The Morgan fingerprint density at radius 1 is 1.43 bits per heavy atom. The molecule has 0 saturated carbocycles. The molecule has 1 heterocycles. The average molecular weight is 316 g/mol. The smallest absolute Gasteiger partial charge is 0.260 e. The Bertz CT molecular complexity index is 502. The molecule has 1 aromatic rings. The minimum atomic E-state index is -0.150. The van der Waals surface area contributed by atoms with Crippen LogP contribution in [0.25, 0.3) is 0 Å². The Labute approximate surface area is 128 Å². The molecule has 21 heavy (non-hydrogen) atoms. The fraction of sp³-hybridized carbons (Fsp3) is 0.500. The summed E-state index contributed by atoms with van der Waals surface area (Å²) in [6.45, 7) is 1.95. The van der Waals surface area contributed by atoms with E-state index >= 15 is 0 Å². The molecule has 2 rings (SSSR count). The molecule has 1 aliphatic rings. The summed E-state index contributed by atoms with van der Waals surface area (Å²) in [4.78, 5) is 13.7. The second kappa shape index (κ2) is 7.49. The van der Waals surface area contributed by atoms with Gasteiger partial charge in [0.2, 0.25) is 0 Å². The highest BCUT2D eigenvalue weighted by Gasteiger charge is 2.19. The van der Waals surface area contributed by atoms with E-state index in [9.17, 15) is 4.79 Å². The highest BCUT2D eigenvalue weighted by atomic mass is 35.5. The lowest BCUT2D eigenvalue weighted by Gasteiger charge is -2.26. The Morgan fingerprint density at radius 2 is 2.14 bits per heavy atom. The number of hydrogen-bond acceptors (Lipinski definition) is 5. The van der Waals surface area contributed by atoms with Crippen molar-refractivity contribution >= 4 is 17.5 Å². The maximum absolute atomic E-state index is 12.0. The van der Waals surface area contributed by atoms with Crippen LogP contribution in [-0.2, 0) is 16.1 Å². The molecule has 6 nitrogen and oxygen atoms in total. The number of amides is 1. The maximum atomic E-state index is 12.0. The summed E-state index contributed by atoms with van der Waals surface area (Å²) >= 11 is 6.10. The van der Waals surface area contributed by atoms with E-state index < -0.39 is 0 Å². The average Bonchev–Trinajstić information content (AvgIpc) is 2.53. The molecule has 7 heteroatoms. The first-order chi connectivity index (χ1) is 10.2. The van der Waals surface area contributed by atoms with Gasteiger partial charge in [0.05, 0.1) is 32.0 Å². The van der Waals surface area contributed by atoms with Crippen LogP contribution in [-0.4, -0.2) is 55.9 Å². The summed E-state index contributed by atoms with van der Waals surface area (Å²) in [5, 5.41) is 9.43. The number of aliphatic hydroxyl groups excluding tert-OH is 1. The fourth-order valence-electron chi connectivity index (χ4n) is 2.04. The van der Waals surface area contributed by atoms with Crippen LogP contribution in [0.2, 0.25) is 5.02 Å². The Kier molecular flexibility index (Phi) is 5.67. The van der Waals surface area contributed by atoms with Gasteiger partial charge in [0, 0.05) is 13.1 Å². The largest absolute Gasteiger partial charge is 0.493 e. The molecule has 1 N–H and O–H groups in total. The number of halogens is 1. The molecule has 0 spiro atoms. The molecule has 0 atom stereocenters. The number of ether oxygens (including phenoxy) is 3. The van der Waals surface area contributed by atoms with Crippen molar-refractivity contribution < 1.29 is 24.1 Å². The summed E-state index contributed by atoms with van der Waals surface area (Å²) in [5.41, 5.74) is 0.615. The second-order valence-corrected chi connectivity index (χ2v) is 4.96. The van der Waals surface area contributed by atoms with Crippen LogP contribution in [0.3, 0.4) is 0 Å². The van der Waals surface area contributed by atoms with Crippen molar-refractivity contribution in [2.75, 3.05) is 40.0 Å². The van der Waals surface area contributed by atoms with Gasteiger partial charge in [-0.1, -0.05) is 11.6 Å². The Morgan fingerprint density at radius 3 is 2.76 bits per heavy atom.